The lowest BCUT2D eigenvalue weighted by Crippen LogP contribution is -2.38. The molecule has 0 saturated heterocycles. The van der Waals surface area contributed by atoms with E-state index in [1.54, 1.807) is 0 Å². The van der Waals surface area contributed by atoms with Gasteiger partial charge in [-0.1, -0.05) is 71.1 Å². The van der Waals surface area contributed by atoms with Gasteiger partial charge in [-0.05, 0) is 0 Å². The molecule has 0 aliphatic heterocycles. The minimum Gasteiger partial charge on any atom is -0.865 e. The first-order chi connectivity index (χ1) is 6.77. The quantitative estimate of drug-likeness (QED) is 0.400. The summed E-state index contributed by atoms with van der Waals surface area (Å²) in [5, 5.41) is 20.4. The maximum atomic E-state index is 10.2. The molecule has 0 saturated carbocycles. The number of rotatable bonds is 10. The van der Waals surface area contributed by atoms with Crippen LogP contribution in [0.2, 0.25) is 0 Å². The second-order valence-corrected chi connectivity index (χ2v) is 4.05. The molecule has 0 aromatic carbocycles. The van der Waals surface area contributed by atoms with Gasteiger partial charge in [-0.2, -0.15) is 0 Å². The molecule has 0 unspecified atom stereocenters. The molecule has 0 aliphatic carbocycles. The van der Waals surface area contributed by atoms with Crippen LogP contribution in [-0.2, 0) is 0 Å². The average molecular weight is 200 g/mol. The van der Waals surface area contributed by atoms with E-state index in [2.05, 4.69) is 6.92 Å². The minimum absolute atomic E-state index is 0.315. The summed E-state index contributed by atoms with van der Waals surface area (Å²) in [4.78, 5) is 0. The van der Waals surface area contributed by atoms with Crippen molar-refractivity contribution in [3.05, 3.63) is 0 Å². The highest BCUT2D eigenvalue weighted by molar-refractivity contribution is 4.47. The summed E-state index contributed by atoms with van der Waals surface area (Å²) in [5.41, 5.74) is 0. The van der Waals surface area contributed by atoms with Crippen molar-refractivity contribution in [2.75, 3.05) is 0 Å². The van der Waals surface area contributed by atoms with E-state index in [0.717, 1.165) is 12.8 Å². The van der Waals surface area contributed by atoms with E-state index in [1.807, 2.05) is 0 Å². The lowest BCUT2D eigenvalue weighted by molar-refractivity contribution is -0.658. The maximum absolute atomic E-state index is 10.2. The van der Waals surface area contributed by atoms with Crippen LogP contribution < -0.4 is 10.2 Å². The molecule has 0 fully saturated rings. The molecule has 86 valence electrons. The van der Waals surface area contributed by atoms with Gasteiger partial charge in [0.1, 0.15) is 0 Å². The van der Waals surface area contributed by atoms with Crippen LogP contribution in [0.4, 0.5) is 0 Å². The van der Waals surface area contributed by atoms with Crippen molar-refractivity contribution in [1.82, 2.24) is 0 Å². The zero-order valence-corrected chi connectivity index (χ0v) is 9.46. The van der Waals surface area contributed by atoms with Crippen LogP contribution in [-0.4, -0.2) is 6.29 Å². The van der Waals surface area contributed by atoms with Crippen LogP contribution in [0.1, 0.15) is 71.1 Å². The molecule has 0 atom stereocenters. The first-order valence-corrected chi connectivity index (χ1v) is 6.09. The van der Waals surface area contributed by atoms with E-state index >= 15 is 0 Å². The molecule has 2 nitrogen and oxygen atoms in total. The number of hydrogen-bond acceptors (Lipinski definition) is 2. The Balaban J connectivity index is 2.85. The van der Waals surface area contributed by atoms with Crippen molar-refractivity contribution in [1.29, 1.82) is 0 Å². The number of unbranched alkanes of at least 4 members (excludes halogenated alkanes) is 8. The molecule has 14 heavy (non-hydrogen) atoms. The van der Waals surface area contributed by atoms with Crippen molar-refractivity contribution in [2.45, 2.75) is 77.4 Å². The van der Waals surface area contributed by atoms with E-state index in [1.165, 1.54) is 44.9 Å². The molecule has 0 radical (unpaired) electrons. The fourth-order valence-electron chi connectivity index (χ4n) is 1.62. The van der Waals surface area contributed by atoms with Gasteiger partial charge in [0.05, 0.1) is 0 Å². The van der Waals surface area contributed by atoms with Gasteiger partial charge in [0.2, 0.25) is 0 Å². The van der Waals surface area contributed by atoms with Gasteiger partial charge >= 0.3 is 0 Å². The molecular weight excluding hydrogens is 176 g/mol. The van der Waals surface area contributed by atoms with E-state index in [-0.39, 0.29) is 0 Å². The van der Waals surface area contributed by atoms with Gasteiger partial charge in [-0.25, -0.2) is 6.29 Å². The van der Waals surface area contributed by atoms with Crippen LogP contribution in [0.5, 0.6) is 0 Å². The van der Waals surface area contributed by atoms with Crippen molar-refractivity contribution in [3.63, 3.8) is 0 Å². The Kier molecular flexibility index (Phi) is 10.9. The second-order valence-electron chi connectivity index (χ2n) is 4.05. The van der Waals surface area contributed by atoms with Gasteiger partial charge in [-0.3, -0.25) is 0 Å². The van der Waals surface area contributed by atoms with Crippen LogP contribution in [0.25, 0.3) is 0 Å². The standard InChI is InChI=1S/C12H24O2/c1-2-3-4-5-6-7-8-9-10-11-12(13)14/h12H,2-11H2,1H3/q-2. The normalized spacial score (nSPS) is 11.1. The second kappa shape index (κ2) is 11.0. The van der Waals surface area contributed by atoms with E-state index < -0.39 is 6.29 Å². The zero-order valence-electron chi connectivity index (χ0n) is 9.46. The molecule has 0 amide bonds. The Morgan fingerprint density at radius 2 is 1.14 bits per heavy atom. The highest BCUT2D eigenvalue weighted by atomic mass is 16.5. The van der Waals surface area contributed by atoms with E-state index in [0.29, 0.717) is 6.42 Å². The average Bonchev–Trinajstić information content (AvgIpc) is 2.15. The molecular formula is C12H24O2-2. The van der Waals surface area contributed by atoms with Gasteiger partial charge in [0.15, 0.2) is 0 Å². The highest BCUT2D eigenvalue weighted by Gasteiger charge is 1.90. The maximum Gasteiger partial charge on any atom is -0.0533 e. The molecule has 0 aliphatic rings. The molecule has 0 heterocycles. The summed E-state index contributed by atoms with van der Waals surface area (Å²) in [7, 11) is 0. The van der Waals surface area contributed by atoms with Crippen LogP contribution in [0.15, 0.2) is 0 Å². The Bertz CT molecular complexity index is 102. The summed E-state index contributed by atoms with van der Waals surface area (Å²) in [5.74, 6) is 0. The summed E-state index contributed by atoms with van der Waals surface area (Å²) in [6.07, 6.45) is 9.75. The SMILES string of the molecule is CCCCCCCCCCCC([O-])[O-]. The third-order valence-electron chi connectivity index (χ3n) is 2.54. The smallest absolute Gasteiger partial charge is 0.0533 e. The van der Waals surface area contributed by atoms with Gasteiger partial charge in [0, 0.05) is 0 Å². The van der Waals surface area contributed by atoms with Crippen LogP contribution >= 0.6 is 0 Å². The van der Waals surface area contributed by atoms with Crippen molar-refractivity contribution in [3.8, 4) is 0 Å². The predicted octanol–water partition coefficient (Wildman–Crippen LogP) is 1.95. The molecule has 0 bridgehead atoms. The fraction of sp³-hybridized carbons (Fsp3) is 1.00. The third-order valence-corrected chi connectivity index (χ3v) is 2.54. The molecule has 0 rings (SSSR count). The lowest BCUT2D eigenvalue weighted by atomic mass is 10.1. The van der Waals surface area contributed by atoms with E-state index in [9.17, 15) is 10.2 Å². The fourth-order valence-corrected chi connectivity index (χ4v) is 1.62. The van der Waals surface area contributed by atoms with Crippen molar-refractivity contribution < 1.29 is 10.2 Å². The summed E-state index contributed by atoms with van der Waals surface area (Å²) in [6, 6.07) is 0. The van der Waals surface area contributed by atoms with Gasteiger partial charge < -0.3 is 10.2 Å². The zero-order chi connectivity index (χ0) is 10.6. The Morgan fingerprint density at radius 1 is 0.714 bits per heavy atom. The Morgan fingerprint density at radius 3 is 1.57 bits per heavy atom. The number of hydrogen-bond donors (Lipinski definition) is 0. The predicted molar refractivity (Wildman–Crippen MR) is 55.6 cm³/mol. The van der Waals surface area contributed by atoms with Gasteiger partial charge in [0.25, 0.3) is 0 Å². The summed E-state index contributed by atoms with van der Waals surface area (Å²) in [6.45, 7) is 2.22. The van der Waals surface area contributed by atoms with Crippen molar-refractivity contribution in [2.24, 2.45) is 0 Å². The van der Waals surface area contributed by atoms with Crippen LogP contribution in [0.3, 0.4) is 0 Å². The molecule has 0 aromatic heterocycles. The first kappa shape index (κ1) is 13.9. The molecule has 0 spiro atoms. The first-order valence-electron chi connectivity index (χ1n) is 6.09. The van der Waals surface area contributed by atoms with Crippen molar-refractivity contribution >= 4 is 0 Å². The highest BCUT2D eigenvalue weighted by Crippen LogP contribution is 2.10. The minimum atomic E-state index is -1.60. The summed E-state index contributed by atoms with van der Waals surface area (Å²) >= 11 is 0. The molecule has 0 aromatic rings. The monoisotopic (exact) mass is 200 g/mol. The Hall–Kier alpha value is -0.0800. The lowest BCUT2D eigenvalue weighted by Gasteiger charge is -2.28. The largest absolute Gasteiger partial charge is 0.865 e. The Labute approximate surface area is 88.3 Å². The molecule has 2 heteroatoms. The topological polar surface area (TPSA) is 46.1 Å². The van der Waals surface area contributed by atoms with Crippen LogP contribution in [0, 0.1) is 0 Å². The summed E-state index contributed by atoms with van der Waals surface area (Å²) < 4.78 is 0. The third kappa shape index (κ3) is 11.9. The van der Waals surface area contributed by atoms with Gasteiger partial charge in [-0.15, -0.1) is 0 Å². The molecule has 0 N–H and O–H groups in total. The van der Waals surface area contributed by atoms with E-state index in [4.69, 9.17) is 0 Å².